The van der Waals surface area contributed by atoms with Crippen LogP contribution in [-0.4, -0.2) is 28.1 Å². The Morgan fingerprint density at radius 1 is 0.875 bits per heavy atom. The summed E-state index contributed by atoms with van der Waals surface area (Å²) in [5.74, 6) is -0.202. The Balaban J connectivity index is 1.97. The van der Waals surface area contributed by atoms with Crippen LogP contribution in [0.2, 0.25) is 0 Å². The summed E-state index contributed by atoms with van der Waals surface area (Å²) in [6, 6.07) is 7.25. The highest BCUT2D eigenvalue weighted by molar-refractivity contribution is 9.09. The van der Waals surface area contributed by atoms with Crippen molar-refractivity contribution >= 4 is 27.7 Å². The Bertz CT molecular complexity index is 523. The van der Waals surface area contributed by atoms with Gasteiger partial charge in [-0.3, -0.25) is 14.5 Å². The van der Waals surface area contributed by atoms with Gasteiger partial charge >= 0.3 is 0 Å². The van der Waals surface area contributed by atoms with Crippen molar-refractivity contribution in [3.63, 3.8) is 0 Å². The fourth-order valence-corrected chi connectivity index (χ4v) is 3.78. The maximum Gasteiger partial charge on any atom is 0.261 e. The van der Waals surface area contributed by atoms with Gasteiger partial charge in [0, 0.05) is 11.4 Å². The van der Waals surface area contributed by atoms with Crippen LogP contribution in [0.25, 0.3) is 0 Å². The first kappa shape index (κ1) is 19.2. The molecule has 0 saturated heterocycles. The average molecular weight is 394 g/mol. The van der Waals surface area contributed by atoms with Crippen molar-refractivity contribution in [1.82, 2.24) is 4.90 Å². The number of imide groups is 1. The predicted octanol–water partition coefficient (Wildman–Crippen LogP) is 5.58. The van der Waals surface area contributed by atoms with Crippen molar-refractivity contribution in [3.05, 3.63) is 35.4 Å². The van der Waals surface area contributed by atoms with E-state index >= 15 is 0 Å². The molecule has 1 heterocycles. The van der Waals surface area contributed by atoms with E-state index in [2.05, 4.69) is 22.9 Å². The summed E-state index contributed by atoms with van der Waals surface area (Å²) in [7, 11) is 0. The lowest BCUT2D eigenvalue weighted by molar-refractivity contribution is 0.0563. The zero-order valence-corrected chi connectivity index (χ0v) is 16.2. The van der Waals surface area contributed by atoms with Crippen LogP contribution in [0, 0.1) is 0 Å². The summed E-state index contributed by atoms with van der Waals surface area (Å²) < 4.78 is 0. The molecule has 4 heteroatoms. The standard InChI is InChI=1S/C20H28BrNO2/c1-2-3-11-16(12-7-5-4-6-10-15-21)22-19(23)17-13-8-9-14-18(17)20(22)24/h8-9,13-14,16H,2-7,10-12,15H2,1H3. The lowest BCUT2D eigenvalue weighted by Gasteiger charge is -2.26. The molecule has 0 spiro atoms. The number of rotatable bonds is 11. The van der Waals surface area contributed by atoms with Crippen LogP contribution in [0.4, 0.5) is 0 Å². The minimum atomic E-state index is -0.101. The summed E-state index contributed by atoms with van der Waals surface area (Å²) in [6.45, 7) is 2.15. The zero-order chi connectivity index (χ0) is 17.4. The Labute approximate surface area is 153 Å². The minimum absolute atomic E-state index is 0.0496. The highest BCUT2D eigenvalue weighted by Gasteiger charge is 2.38. The molecule has 24 heavy (non-hydrogen) atoms. The molecule has 0 radical (unpaired) electrons. The van der Waals surface area contributed by atoms with Gasteiger partial charge in [-0.1, -0.05) is 73.5 Å². The fourth-order valence-electron chi connectivity index (χ4n) is 3.39. The van der Waals surface area contributed by atoms with Crippen molar-refractivity contribution in [2.24, 2.45) is 0 Å². The van der Waals surface area contributed by atoms with Gasteiger partial charge in [0.1, 0.15) is 0 Å². The summed E-state index contributed by atoms with van der Waals surface area (Å²) in [6.07, 6.45) is 9.96. The largest absolute Gasteiger partial charge is 0.271 e. The predicted molar refractivity (Wildman–Crippen MR) is 102 cm³/mol. The van der Waals surface area contributed by atoms with Crippen molar-refractivity contribution in [2.75, 3.05) is 5.33 Å². The van der Waals surface area contributed by atoms with Crippen LogP contribution in [-0.2, 0) is 0 Å². The third kappa shape index (κ3) is 4.69. The first-order chi connectivity index (χ1) is 11.7. The van der Waals surface area contributed by atoms with Crippen molar-refractivity contribution in [1.29, 1.82) is 0 Å². The molecular formula is C20H28BrNO2. The molecule has 0 bridgehead atoms. The number of nitrogens with zero attached hydrogens (tertiary/aromatic N) is 1. The van der Waals surface area contributed by atoms with E-state index in [1.165, 1.54) is 25.7 Å². The molecule has 1 atom stereocenters. The number of carbonyl (C=O) groups excluding carboxylic acids is 2. The molecule has 2 amide bonds. The van der Waals surface area contributed by atoms with E-state index in [-0.39, 0.29) is 17.9 Å². The normalized spacial score (nSPS) is 15.0. The second-order valence-corrected chi connectivity index (χ2v) is 7.36. The van der Waals surface area contributed by atoms with Gasteiger partial charge in [0.25, 0.3) is 11.8 Å². The van der Waals surface area contributed by atoms with Crippen molar-refractivity contribution in [3.8, 4) is 0 Å². The van der Waals surface area contributed by atoms with Gasteiger partial charge in [0.2, 0.25) is 0 Å². The molecule has 1 aromatic carbocycles. The van der Waals surface area contributed by atoms with Gasteiger partial charge in [-0.2, -0.15) is 0 Å². The SMILES string of the molecule is CCCCC(CCCCCCCBr)N1C(=O)c2ccccc2C1=O. The molecule has 2 rings (SSSR count). The Hall–Kier alpha value is -1.16. The monoisotopic (exact) mass is 393 g/mol. The number of hydrogen-bond acceptors (Lipinski definition) is 2. The van der Waals surface area contributed by atoms with Gasteiger partial charge in [0.05, 0.1) is 11.1 Å². The first-order valence-corrected chi connectivity index (χ1v) is 10.4. The van der Waals surface area contributed by atoms with Crippen molar-refractivity contribution in [2.45, 2.75) is 70.8 Å². The summed E-state index contributed by atoms with van der Waals surface area (Å²) in [4.78, 5) is 26.9. The third-order valence-corrected chi connectivity index (χ3v) is 5.31. The summed E-state index contributed by atoms with van der Waals surface area (Å²) in [5, 5.41) is 1.07. The van der Waals surface area contributed by atoms with Crippen LogP contribution in [0.15, 0.2) is 24.3 Å². The average Bonchev–Trinajstić information content (AvgIpc) is 2.85. The number of unbranched alkanes of at least 4 members (excludes halogenated alkanes) is 5. The number of benzene rings is 1. The summed E-state index contributed by atoms with van der Waals surface area (Å²) in [5.41, 5.74) is 1.14. The molecule has 1 aromatic rings. The van der Waals surface area contributed by atoms with Crippen LogP contribution in [0.3, 0.4) is 0 Å². The van der Waals surface area contributed by atoms with E-state index in [1.54, 1.807) is 17.0 Å². The van der Waals surface area contributed by atoms with E-state index in [0.717, 1.165) is 37.4 Å². The lowest BCUT2D eigenvalue weighted by Crippen LogP contribution is -2.39. The number of halogens is 1. The summed E-state index contributed by atoms with van der Waals surface area (Å²) >= 11 is 3.46. The van der Waals surface area contributed by atoms with E-state index in [0.29, 0.717) is 11.1 Å². The molecule has 0 aromatic heterocycles. The third-order valence-electron chi connectivity index (χ3n) is 4.75. The van der Waals surface area contributed by atoms with Crippen LogP contribution in [0.1, 0.15) is 85.4 Å². The fraction of sp³-hybridized carbons (Fsp3) is 0.600. The van der Waals surface area contributed by atoms with Gasteiger partial charge in [-0.05, 0) is 31.4 Å². The van der Waals surface area contributed by atoms with Crippen LogP contribution in [0.5, 0.6) is 0 Å². The van der Waals surface area contributed by atoms with E-state index in [1.807, 2.05) is 12.1 Å². The quantitative estimate of drug-likeness (QED) is 0.279. The second kappa shape index (κ2) is 9.97. The molecule has 1 aliphatic heterocycles. The van der Waals surface area contributed by atoms with Gasteiger partial charge in [-0.25, -0.2) is 0 Å². The molecule has 1 unspecified atom stereocenters. The molecule has 0 N–H and O–H groups in total. The molecule has 0 fully saturated rings. The number of amides is 2. The van der Waals surface area contributed by atoms with Gasteiger partial charge in [0.15, 0.2) is 0 Å². The molecule has 1 aliphatic rings. The topological polar surface area (TPSA) is 37.4 Å². The number of alkyl halides is 1. The van der Waals surface area contributed by atoms with E-state index in [4.69, 9.17) is 0 Å². The zero-order valence-electron chi connectivity index (χ0n) is 14.6. The lowest BCUT2D eigenvalue weighted by atomic mass is 10.0. The number of hydrogen-bond donors (Lipinski definition) is 0. The van der Waals surface area contributed by atoms with Gasteiger partial charge < -0.3 is 0 Å². The van der Waals surface area contributed by atoms with E-state index in [9.17, 15) is 9.59 Å². The maximum absolute atomic E-state index is 12.7. The number of fused-ring (bicyclic) bond motifs is 1. The Morgan fingerprint density at radius 2 is 1.42 bits per heavy atom. The van der Waals surface area contributed by atoms with Crippen molar-refractivity contribution < 1.29 is 9.59 Å². The van der Waals surface area contributed by atoms with E-state index < -0.39 is 0 Å². The van der Waals surface area contributed by atoms with Crippen LogP contribution >= 0.6 is 15.9 Å². The maximum atomic E-state index is 12.7. The smallest absolute Gasteiger partial charge is 0.261 e. The van der Waals surface area contributed by atoms with Crippen LogP contribution < -0.4 is 0 Å². The second-order valence-electron chi connectivity index (χ2n) is 6.57. The Kier molecular flexibility index (Phi) is 7.97. The molecular weight excluding hydrogens is 366 g/mol. The Morgan fingerprint density at radius 3 is 2.00 bits per heavy atom. The van der Waals surface area contributed by atoms with Gasteiger partial charge in [-0.15, -0.1) is 0 Å². The number of carbonyl (C=O) groups is 2. The molecule has 132 valence electrons. The highest BCUT2D eigenvalue weighted by atomic mass is 79.9. The first-order valence-electron chi connectivity index (χ1n) is 9.23. The molecule has 0 saturated carbocycles. The molecule has 3 nitrogen and oxygen atoms in total. The minimum Gasteiger partial charge on any atom is -0.271 e. The highest BCUT2D eigenvalue weighted by Crippen LogP contribution is 2.28. The molecule has 0 aliphatic carbocycles.